The van der Waals surface area contributed by atoms with E-state index in [0.717, 1.165) is 5.56 Å². The molecule has 0 amide bonds. The molecule has 0 unspecified atom stereocenters. The molecule has 2 nitrogen and oxygen atoms in total. The van der Waals surface area contributed by atoms with Gasteiger partial charge in [-0.3, -0.25) is 0 Å². The van der Waals surface area contributed by atoms with Crippen LogP contribution >= 0.6 is 45.6 Å². The highest BCUT2D eigenvalue weighted by Crippen LogP contribution is 2.39. The van der Waals surface area contributed by atoms with E-state index in [1.807, 2.05) is 0 Å². The van der Waals surface area contributed by atoms with Gasteiger partial charge in [0, 0.05) is 15.1 Å². The van der Waals surface area contributed by atoms with Crippen molar-refractivity contribution in [1.29, 1.82) is 0 Å². The van der Waals surface area contributed by atoms with Gasteiger partial charge in [-0.1, -0.05) is 41.4 Å². The molecule has 20 heavy (non-hydrogen) atoms. The lowest BCUT2D eigenvalue weighted by atomic mass is 10.0. The Morgan fingerprint density at radius 2 is 1.80 bits per heavy atom. The van der Waals surface area contributed by atoms with Gasteiger partial charge in [-0.05, 0) is 51.4 Å². The smallest absolute Gasteiger partial charge is 0.0555 e. The molecule has 0 aromatic heterocycles. The van der Waals surface area contributed by atoms with Crippen molar-refractivity contribution in [3.63, 3.8) is 0 Å². The lowest BCUT2D eigenvalue weighted by Gasteiger charge is -2.38. The van der Waals surface area contributed by atoms with Crippen molar-refractivity contribution < 1.29 is 9.79 Å². The molecule has 0 aliphatic carbocycles. The van der Waals surface area contributed by atoms with E-state index in [9.17, 15) is 9.79 Å². The molecule has 0 fully saturated rings. The van der Waals surface area contributed by atoms with E-state index in [1.165, 1.54) is 6.07 Å². The summed E-state index contributed by atoms with van der Waals surface area (Å²) < 4.78 is 0.645. The highest BCUT2D eigenvalue weighted by molar-refractivity contribution is 9.10. The molecule has 0 N–H and O–H groups in total. The average Bonchev–Trinajstić information content (AvgIpc) is 2.33. The fraction of sp³-hybridized carbons (Fsp3) is 0.0769. The van der Waals surface area contributed by atoms with Crippen LogP contribution in [0.5, 0.6) is 0 Å². The predicted molar refractivity (Wildman–Crippen MR) is 88.3 cm³/mol. The Hall–Kier alpha value is 0.0700. The third kappa shape index (κ3) is 3.28. The molecule has 0 aliphatic heterocycles. The standard InChI is InChI=1S/C13H10BrCl2O2PS/c1-7-3-2-4-12(19(17,18)20)13(7)8-5-11(16)9(14)6-10(8)15/h2-6H,1H3,(H2,17,18,20)/p-2. The van der Waals surface area contributed by atoms with Crippen molar-refractivity contribution in [2.24, 2.45) is 0 Å². The summed E-state index contributed by atoms with van der Waals surface area (Å²) in [6.45, 7) is -2.27. The Labute approximate surface area is 140 Å². The molecule has 2 rings (SSSR count). The first kappa shape index (κ1) is 16.4. The maximum absolute atomic E-state index is 11.8. The van der Waals surface area contributed by atoms with Crippen LogP contribution in [0.25, 0.3) is 11.1 Å². The number of hydrogen-bond donors (Lipinski definition) is 0. The fourth-order valence-electron chi connectivity index (χ4n) is 1.95. The van der Waals surface area contributed by atoms with E-state index >= 15 is 0 Å². The summed E-state index contributed by atoms with van der Waals surface area (Å²) >= 11 is 20.2. The summed E-state index contributed by atoms with van der Waals surface area (Å²) in [5, 5.41) is 0.941. The number of aryl methyl sites for hydroxylation is 1. The molecule has 0 saturated heterocycles. The van der Waals surface area contributed by atoms with Gasteiger partial charge < -0.3 is 9.79 Å². The van der Waals surface area contributed by atoms with E-state index in [-0.39, 0.29) is 5.30 Å². The van der Waals surface area contributed by atoms with E-state index in [1.54, 1.807) is 31.2 Å². The van der Waals surface area contributed by atoms with Gasteiger partial charge in [0.05, 0.1) is 5.02 Å². The quantitative estimate of drug-likeness (QED) is 0.564. The monoisotopic (exact) mass is 408 g/mol. The number of rotatable bonds is 2. The minimum atomic E-state index is -4.08. The third-order valence-electron chi connectivity index (χ3n) is 2.83. The van der Waals surface area contributed by atoms with Crippen LogP contribution in [0.4, 0.5) is 0 Å². The number of benzene rings is 2. The molecular formula is C13H8BrCl2O2PS-2. The molecule has 2 aromatic carbocycles. The SMILES string of the molecule is Cc1cccc(P([O-])([O-])=S)c1-c1cc(Cl)c(Br)cc1Cl. The van der Waals surface area contributed by atoms with Crippen molar-refractivity contribution in [1.82, 2.24) is 0 Å². The van der Waals surface area contributed by atoms with Gasteiger partial charge in [0.1, 0.15) is 0 Å². The van der Waals surface area contributed by atoms with E-state index in [4.69, 9.17) is 23.2 Å². The van der Waals surface area contributed by atoms with Crippen LogP contribution in [0.2, 0.25) is 10.0 Å². The zero-order valence-corrected chi connectivity index (χ0v) is 15.0. The van der Waals surface area contributed by atoms with Crippen LogP contribution in [0.3, 0.4) is 0 Å². The molecule has 0 heterocycles. The van der Waals surface area contributed by atoms with Gasteiger partial charge in [-0.25, -0.2) is 0 Å². The highest BCUT2D eigenvalue weighted by Gasteiger charge is 2.14. The summed E-state index contributed by atoms with van der Waals surface area (Å²) in [6.07, 6.45) is 0. The van der Waals surface area contributed by atoms with Crippen LogP contribution in [-0.2, 0) is 11.8 Å². The van der Waals surface area contributed by atoms with Gasteiger partial charge in [-0.15, -0.1) is 11.8 Å². The van der Waals surface area contributed by atoms with Gasteiger partial charge in [-0.2, -0.15) is 6.49 Å². The average molecular weight is 410 g/mol. The molecular weight excluding hydrogens is 402 g/mol. The Balaban J connectivity index is 2.83. The summed E-state index contributed by atoms with van der Waals surface area (Å²) in [5.41, 5.74) is 1.82. The van der Waals surface area contributed by atoms with E-state index < -0.39 is 6.49 Å². The normalized spacial score (nSPS) is 11.7. The number of hydrogen-bond acceptors (Lipinski definition) is 3. The second kappa shape index (κ2) is 6.05. The first-order valence-electron chi connectivity index (χ1n) is 5.49. The topological polar surface area (TPSA) is 46.1 Å². The summed E-state index contributed by atoms with van der Waals surface area (Å²) in [4.78, 5) is 23.6. The molecule has 2 aromatic rings. The van der Waals surface area contributed by atoms with E-state index in [2.05, 4.69) is 27.7 Å². The van der Waals surface area contributed by atoms with Crippen molar-refractivity contribution >= 4 is 62.7 Å². The molecule has 0 radical (unpaired) electrons. The van der Waals surface area contributed by atoms with Gasteiger partial charge in [0.25, 0.3) is 0 Å². The van der Waals surface area contributed by atoms with Gasteiger partial charge >= 0.3 is 0 Å². The van der Waals surface area contributed by atoms with Crippen molar-refractivity contribution in [3.8, 4) is 11.1 Å². The Morgan fingerprint density at radius 1 is 1.15 bits per heavy atom. The largest absolute Gasteiger partial charge is 0.829 e. The zero-order valence-electron chi connectivity index (χ0n) is 10.2. The van der Waals surface area contributed by atoms with Crippen LogP contribution in [0.1, 0.15) is 5.56 Å². The highest BCUT2D eigenvalue weighted by atomic mass is 79.9. The van der Waals surface area contributed by atoms with Crippen molar-refractivity contribution in [3.05, 3.63) is 50.4 Å². The first-order valence-corrected chi connectivity index (χ1v) is 9.67. The maximum Gasteiger partial charge on any atom is 0.0555 e. The van der Waals surface area contributed by atoms with Gasteiger partial charge in [0.15, 0.2) is 0 Å². The minimum absolute atomic E-state index is 0.0905. The summed E-state index contributed by atoms with van der Waals surface area (Å²) in [7, 11) is 0. The lowest BCUT2D eigenvalue weighted by Crippen LogP contribution is -2.26. The van der Waals surface area contributed by atoms with Crippen LogP contribution in [0, 0.1) is 6.92 Å². The first-order chi connectivity index (χ1) is 9.21. The molecule has 0 saturated carbocycles. The second-order valence-corrected chi connectivity index (χ2v) is 8.80. The predicted octanol–water partition coefficient (Wildman–Crippen LogP) is 3.39. The summed E-state index contributed by atoms with van der Waals surface area (Å²) in [6, 6.07) is 8.20. The lowest BCUT2D eigenvalue weighted by molar-refractivity contribution is -0.289. The molecule has 0 bridgehead atoms. The third-order valence-corrected chi connectivity index (χ3v) is 5.89. The molecule has 106 valence electrons. The molecule has 0 atom stereocenters. The van der Waals surface area contributed by atoms with Crippen LogP contribution in [-0.4, -0.2) is 0 Å². The Morgan fingerprint density at radius 3 is 2.40 bits per heavy atom. The van der Waals surface area contributed by atoms with Crippen molar-refractivity contribution in [2.75, 3.05) is 0 Å². The van der Waals surface area contributed by atoms with Gasteiger partial charge in [0.2, 0.25) is 0 Å². The van der Waals surface area contributed by atoms with Crippen LogP contribution in [0.15, 0.2) is 34.8 Å². The molecule has 0 spiro atoms. The van der Waals surface area contributed by atoms with Crippen LogP contribution < -0.4 is 15.1 Å². The zero-order chi connectivity index (χ0) is 15.1. The Bertz CT molecular complexity index is 731. The Kier molecular flexibility index (Phi) is 4.98. The van der Waals surface area contributed by atoms with E-state index in [0.29, 0.717) is 25.6 Å². The summed E-state index contributed by atoms with van der Waals surface area (Å²) in [5.74, 6) is 0. The molecule has 7 heteroatoms. The second-order valence-electron chi connectivity index (χ2n) is 4.21. The maximum atomic E-state index is 11.8. The van der Waals surface area contributed by atoms with Crippen molar-refractivity contribution in [2.45, 2.75) is 6.92 Å². The number of halogens is 3. The fourth-order valence-corrected chi connectivity index (χ4v) is 4.14. The minimum Gasteiger partial charge on any atom is -0.829 e. The molecule has 0 aliphatic rings.